The van der Waals surface area contributed by atoms with Crippen molar-refractivity contribution in [3.63, 3.8) is 0 Å². The van der Waals surface area contributed by atoms with Crippen LogP contribution in [-0.4, -0.2) is 48.8 Å². The molecular formula is C19H21FN2O2S. The van der Waals surface area contributed by atoms with Crippen molar-refractivity contribution in [1.29, 1.82) is 0 Å². The van der Waals surface area contributed by atoms with Crippen LogP contribution in [0.4, 0.5) is 4.39 Å². The van der Waals surface area contributed by atoms with Crippen LogP contribution in [-0.2, 0) is 4.79 Å². The third-order valence-electron chi connectivity index (χ3n) is 4.52. The molecule has 2 heterocycles. The van der Waals surface area contributed by atoms with Crippen LogP contribution in [0.15, 0.2) is 36.4 Å². The number of piperidine rings is 1. The van der Waals surface area contributed by atoms with E-state index in [9.17, 15) is 14.0 Å². The normalized spacial score (nSPS) is 15.2. The molecule has 0 bridgehead atoms. The molecule has 0 radical (unpaired) electrons. The van der Waals surface area contributed by atoms with Gasteiger partial charge in [0, 0.05) is 38.0 Å². The number of nitrogens with zero attached hydrogens (tertiary/aromatic N) is 2. The van der Waals surface area contributed by atoms with Crippen LogP contribution in [0.1, 0.15) is 22.5 Å². The summed E-state index contributed by atoms with van der Waals surface area (Å²) in [4.78, 5) is 29.8. The first-order valence-electron chi connectivity index (χ1n) is 8.32. The van der Waals surface area contributed by atoms with E-state index >= 15 is 0 Å². The fraction of sp³-hybridized carbons (Fsp3) is 0.368. The van der Waals surface area contributed by atoms with Crippen molar-refractivity contribution in [2.24, 2.45) is 5.92 Å². The first-order valence-corrected chi connectivity index (χ1v) is 9.13. The SMILES string of the molecule is CN(C)C(=O)C1CCN(C(=O)c2ccc(-c3ccc(F)cc3)s2)CC1. The largest absolute Gasteiger partial charge is 0.349 e. The van der Waals surface area contributed by atoms with Gasteiger partial charge in [0.05, 0.1) is 4.88 Å². The highest BCUT2D eigenvalue weighted by Gasteiger charge is 2.29. The van der Waals surface area contributed by atoms with Gasteiger partial charge in [0.25, 0.3) is 5.91 Å². The maximum Gasteiger partial charge on any atom is 0.263 e. The fourth-order valence-corrected chi connectivity index (χ4v) is 4.05. The molecule has 0 atom stereocenters. The minimum atomic E-state index is -0.272. The van der Waals surface area contributed by atoms with Crippen LogP contribution in [0.2, 0.25) is 0 Å². The molecule has 1 saturated heterocycles. The highest BCUT2D eigenvalue weighted by molar-refractivity contribution is 7.17. The molecule has 0 aliphatic carbocycles. The average molecular weight is 360 g/mol. The Bertz CT molecular complexity index is 762. The molecule has 1 aliphatic heterocycles. The molecule has 0 unspecified atom stereocenters. The first kappa shape index (κ1) is 17.6. The van der Waals surface area contributed by atoms with Gasteiger partial charge in [-0.15, -0.1) is 11.3 Å². The van der Waals surface area contributed by atoms with Gasteiger partial charge < -0.3 is 9.80 Å². The van der Waals surface area contributed by atoms with E-state index in [2.05, 4.69) is 0 Å². The highest BCUT2D eigenvalue weighted by Crippen LogP contribution is 2.30. The van der Waals surface area contributed by atoms with Crippen LogP contribution in [0.25, 0.3) is 10.4 Å². The summed E-state index contributed by atoms with van der Waals surface area (Å²) >= 11 is 1.42. The summed E-state index contributed by atoms with van der Waals surface area (Å²) in [6.45, 7) is 1.21. The van der Waals surface area contributed by atoms with Gasteiger partial charge in [-0.1, -0.05) is 12.1 Å². The smallest absolute Gasteiger partial charge is 0.263 e. The zero-order valence-electron chi connectivity index (χ0n) is 14.4. The van der Waals surface area contributed by atoms with Crippen molar-refractivity contribution < 1.29 is 14.0 Å². The van der Waals surface area contributed by atoms with Crippen molar-refractivity contribution in [3.05, 3.63) is 47.1 Å². The molecule has 0 saturated carbocycles. The summed E-state index contributed by atoms with van der Waals surface area (Å²) < 4.78 is 13.0. The molecule has 0 N–H and O–H groups in total. The number of carbonyl (C=O) groups excluding carboxylic acids is 2. The second-order valence-corrected chi connectivity index (χ2v) is 7.55. The molecule has 2 aromatic rings. The molecule has 1 aliphatic rings. The van der Waals surface area contributed by atoms with Crippen LogP contribution < -0.4 is 0 Å². The summed E-state index contributed by atoms with van der Waals surface area (Å²) in [5.41, 5.74) is 0.903. The summed E-state index contributed by atoms with van der Waals surface area (Å²) in [5, 5.41) is 0. The monoisotopic (exact) mass is 360 g/mol. The van der Waals surface area contributed by atoms with E-state index < -0.39 is 0 Å². The topological polar surface area (TPSA) is 40.6 Å². The Labute approximate surface area is 150 Å². The zero-order chi connectivity index (χ0) is 18.0. The molecule has 6 heteroatoms. The minimum absolute atomic E-state index is 0.00844. The van der Waals surface area contributed by atoms with Crippen molar-refractivity contribution in [3.8, 4) is 10.4 Å². The Balaban J connectivity index is 1.65. The summed E-state index contributed by atoms with van der Waals surface area (Å²) in [5.74, 6) is -0.111. The summed E-state index contributed by atoms with van der Waals surface area (Å²) in [6, 6.07) is 9.99. The van der Waals surface area contributed by atoms with Crippen molar-refractivity contribution in [1.82, 2.24) is 9.80 Å². The second-order valence-electron chi connectivity index (χ2n) is 6.47. The Morgan fingerprint density at radius 2 is 1.72 bits per heavy atom. The maximum absolute atomic E-state index is 13.0. The Hall–Kier alpha value is -2.21. The number of halogens is 1. The number of thiophene rings is 1. The van der Waals surface area contributed by atoms with E-state index in [1.54, 1.807) is 31.1 Å². The molecule has 3 rings (SSSR count). The third-order valence-corrected chi connectivity index (χ3v) is 5.64. The molecule has 2 amide bonds. The second kappa shape index (κ2) is 7.35. The maximum atomic E-state index is 13.0. The Morgan fingerprint density at radius 1 is 1.08 bits per heavy atom. The molecule has 25 heavy (non-hydrogen) atoms. The number of hydrogen-bond acceptors (Lipinski definition) is 3. The van der Waals surface area contributed by atoms with Crippen LogP contribution in [0.3, 0.4) is 0 Å². The van der Waals surface area contributed by atoms with Crippen molar-refractivity contribution in [2.75, 3.05) is 27.2 Å². The van der Waals surface area contributed by atoms with Crippen LogP contribution in [0.5, 0.6) is 0 Å². The fourth-order valence-electron chi connectivity index (χ4n) is 3.07. The summed E-state index contributed by atoms with van der Waals surface area (Å²) in [6.07, 6.45) is 1.41. The number of hydrogen-bond donors (Lipinski definition) is 0. The standard InChI is InChI=1S/C19H21FN2O2S/c1-21(2)18(23)14-9-11-22(12-10-14)19(24)17-8-7-16(25-17)13-3-5-15(20)6-4-13/h3-8,14H,9-12H2,1-2H3. The van der Waals surface area contributed by atoms with E-state index in [0.717, 1.165) is 10.4 Å². The van der Waals surface area contributed by atoms with Gasteiger partial charge in [0.2, 0.25) is 5.91 Å². The minimum Gasteiger partial charge on any atom is -0.349 e. The van der Waals surface area contributed by atoms with E-state index in [0.29, 0.717) is 30.8 Å². The van der Waals surface area contributed by atoms with Gasteiger partial charge >= 0.3 is 0 Å². The third kappa shape index (κ3) is 3.90. The van der Waals surface area contributed by atoms with Gasteiger partial charge in [-0.3, -0.25) is 9.59 Å². The highest BCUT2D eigenvalue weighted by atomic mass is 32.1. The van der Waals surface area contributed by atoms with Gasteiger partial charge in [0.1, 0.15) is 5.82 Å². The van der Waals surface area contributed by atoms with E-state index in [1.807, 2.05) is 17.0 Å². The lowest BCUT2D eigenvalue weighted by Crippen LogP contribution is -2.42. The van der Waals surface area contributed by atoms with Gasteiger partial charge in [-0.05, 0) is 42.7 Å². The molecule has 132 valence electrons. The molecule has 1 fully saturated rings. The van der Waals surface area contributed by atoms with Gasteiger partial charge in [0.15, 0.2) is 0 Å². The predicted octanol–water partition coefficient (Wildman–Crippen LogP) is 3.49. The predicted molar refractivity (Wildman–Crippen MR) is 97.0 cm³/mol. The molecule has 4 nitrogen and oxygen atoms in total. The first-order chi connectivity index (χ1) is 12.0. The number of rotatable bonds is 3. The van der Waals surface area contributed by atoms with Crippen LogP contribution >= 0.6 is 11.3 Å². The van der Waals surface area contributed by atoms with Gasteiger partial charge in [-0.25, -0.2) is 4.39 Å². The lowest BCUT2D eigenvalue weighted by Gasteiger charge is -2.32. The molecule has 1 aromatic heterocycles. The average Bonchev–Trinajstić information content (AvgIpc) is 3.11. The van der Waals surface area contributed by atoms with Gasteiger partial charge in [-0.2, -0.15) is 0 Å². The van der Waals surface area contributed by atoms with E-state index in [4.69, 9.17) is 0 Å². The van der Waals surface area contributed by atoms with Crippen molar-refractivity contribution >= 4 is 23.2 Å². The van der Waals surface area contributed by atoms with E-state index in [-0.39, 0.29) is 23.5 Å². The lowest BCUT2D eigenvalue weighted by molar-refractivity contribution is -0.134. The van der Waals surface area contributed by atoms with Crippen molar-refractivity contribution in [2.45, 2.75) is 12.8 Å². The molecule has 0 spiro atoms. The quantitative estimate of drug-likeness (QED) is 0.841. The number of amides is 2. The Morgan fingerprint density at radius 3 is 2.32 bits per heavy atom. The summed E-state index contributed by atoms with van der Waals surface area (Å²) in [7, 11) is 3.53. The zero-order valence-corrected chi connectivity index (χ0v) is 15.2. The number of benzene rings is 1. The lowest BCUT2D eigenvalue weighted by atomic mass is 9.95. The molecule has 1 aromatic carbocycles. The number of carbonyl (C=O) groups is 2. The van der Waals surface area contributed by atoms with E-state index in [1.165, 1.54) is 23.5 Å². The molecular weight excluding hydrogens is 339 g/mol. The number of likely N-dealkylation sites (tertiary alicyclic amines) is 1. The Kier molecular flexibility index (Phi) is 5.18. The van der Waals surface area contributed by atoms with Crippen LogP contribution in [0, 0.1) is 11.7 Å².